The number of halogens is 1. The summed E-state index contributed by atoms with van der Waals surface area (Å²) >= 11 is 0. The van der Waals surface area contributed by atoms with Crippen molar-refractivity contribution in [2.24, 2.45) is 0 Å². The number of rotatable bonds is 2. The van der Waals surface area contributed by atoms with Crippen molar-refractivity contribution in [2.75, 3.05) is 20.2 Å². The second kappa shape index (κ2) is 6.77. The van der Waals surface area contributed by atoms with E-state index in [1.807, 2.05) is 6.07 Å². The van der Waals surface area contributed by atoms with Gasteiger partial charge in [-0.05, 0) is 49.9 Å². The Hall–Kier alpha value is -0.730. The Bertz CT molecular complexity index is 309. The third kappa shape index (κ3) is 3.13. The maximum atomic E-state index is 5.42. The summed E-state index contributed by atoms with van der Waals surface area (Å²) in [5.74, 6) is 1.71. The first kappa shape index (κ1) is 13.3. The maximum absolute atomic E-state index is 5.42. The first-order valence-electron chi connectivity index (χ1n) is 5.75. The number of hydrogen-bond donors (Lipinski definition) is 1. The molecule has 16 heavy (non-hydrogen) atoms. The average Bonchev–Trinajstić information content (AvgIpc) is 2.57. The molecule has 1 unspecified atom stereocenters. The maximum Gasteiger partial charge on any atom is 0.122 e. The molecular formula is C13H20ClNO. The van der Waals surface area contributed by atoms with Gasteiger partial charge in [-0.15, -0.1) is 12.4 Å². The Morgan fingerprint density at radius 2 is 2.00 bits per heavy atom. The van der Waals surface area contributed by atoms with Crippen molar-refractivity contribution >= 4 is 12.4 Å². The number of ether oxygens (including phenoxy) is 1. The van der Waals surface area contributed by atoms with Gasteiger partial charge in [-0.2, -0.15) is 0 Å². The summed E-state index contributed by atoms with van der Waals surface area (Å²) in [5, 5.41) is 3.44. The molecule has 90 valence electrons. The van der Waals surface area contributed by atoms with Gasteiger partial charge in [0.1, 0.15) is 5.75 Å². The lowest BCUT2D eigenvalue weighted by atomic mass is 9.91. The first-order chi connectivity index (χ1) is 7.42. The van der Waals surface area contributed by atoms with Crippen LogP contribution in [0.2, 0.25) is 0 Å². The molecule has 1 aliphatic rings. The molecule has 1 fully saturated rings. The van der Waals surface area contributed by atoms with Crippen LogP contribution in [0.25, 0.3) is 0 Å². The molecule has 0 aliphatic carbocycles. The van der Waals surface area contributed by atoms with Crippen LogP contribution in [0.3, 0.4) is 0 Å². The molecule has 3 heteroatoms. The molecule has 0 bridgehead atoms. The Kier molecular flexibility index (Phi) is 5.64. The van der Waals surface area contributed by atoms with Crippen LogP contribution in [0.4, 0.5) is 0 Å². The van der Waals surface area contributed by atoms with Crippen molar-refractivity contribution in [3.63, 3.8) is 0 Å². The lowest BCUT2D eigenvalue weighted by Gasteiger charge is -2.17. The molecule has 1 saturated heterocycles. The fourth-order valence-electron chi connectivity index (χ4n) is 2.33. The van der Waals surface area contributed by atoms with Crippen LogP contribution in [0, 0.1) is 0 Å². The Morgan fingerprint density at radius 1 is 1.19 bits per heavy atom. The molecule has 1 heterocycles. The van der Waals surface area contributed by atoms with Crippen LogP contribution in [-0.4, -0.2) is 20.2 Å². The number of methoxy groups -OCH3 is 1. The van der Waals surface area contributed by atoms with Crippen LogP contribution in [0.5, 0.6) is 5.75 Å². The van der Waals surface area contributed by atoms with E-state index in [1.165, 1.54) is 24.8 Å². The largest absolute Gasteiger partial charge is 0.496 e. The number of nitrogens with one attached hydrogen (secondary N) is 1. The summed E-state index contributed by atoms with van der Waals surface area (Å²) in [6.45, 7) is 2.29. The smallest absolute Gasteiger partial charge is 0.122 e. The van der Waals surface area contributed by atoms with E-state index < -0.39 is 0 Å². The average molecular weight is 242 g/mol. The zero-order chi connectivity index (χ0) is 10.5. The van der Waals surface area contributed by atoms with E-state index >= 15 is 0 Å². The molecule has 2 rings (SSSR count). The lowest BCUT2D eigenvalue weighted by molar-refractivity contribution is 0.402. The molecule has 0 amide bonds. The monoisotopic (exact) mass is 241 g/mol. The van der Waals surface area contributed by atoms with Gasteiger partial charge in [0.15, 0.2) is 0 Å². The zero-order valence-electron chi connectivity index (χ0n) is 9.74. The van der Waals surface area contributed by atoms with Gasteiger partial charge in [-0.3, -0.25) is 0 Å². The summed E-state index contributed by atoms with van der Waals surface area (Å²) in [6, 6.07) is 8.41. The zero-order valence-corrected chi connectivity index (χ0v) is 10.6. The summed E-state index contributed by atoms with van der Waals surface area (Å²) in [6.07, 6.45) is 3.76. The molecule has 2 nitrogen and oxygen atoms in total. The second-order valence-electron chi connectivity index (χ2n) is 4.12. The summed E-state index contributed by atoms with van der Waals surface area (Å²) in [7, 11) is 1.76. The normalized spacial score (nSPS) is 20.7. The molecule has 1 aromatic rings. The lowest BCUT2D eigenvalue weighted by Crippen LogP contribution is -2.13. The van der Waals surface area contributed by atoms with Crippen molar-refractivity contribution in [3.8, 4) is 5.75 Å². The SMILES string of the molecule is COc1ccccc1C1CCCNCC1.Cl. The first-order valence-corrected chi connectivity index (χ1v) is 5.75. The van der Waals surface area contributed by atoms with E-state index in [0.717, 1.165) is 18.8 Å². The molecule has 0 spiro atoms. The third-order valence-corrected chi connectivity index (χ3v) is 3.15. The van der Waals surface area contributed by atoms with Gasteiger partial charge in [0, 0.05) is 0 Å². The fourth-order valence-corrected chi connectivity index (χ4v) is 2.33. The van der Waals surface area contributed by atoms with Crippen LogP contribution in [0.1, 0.15) is 30.7 Å². The number of para-hydroxylation sites is 1. The minimum atomic E-state index is 0. The minimum Gasteiger partial charge on any atom is -0.496 e. The Morgan fingerprint density at radius 3 is 2.81 bits per heavy atom. The quantitative estimate of drug-likeness (QED) is 0.860. The van der Waals surface area contributed by atoms with E-state index in [0.29, 0.717) is 5.92 Å². The highest BCUT2D eigenvalue weighted by molar-refractivity contribution is 5.85. The highest BCUT2D eigenvalue weighted by Gasteiger charge is 2.16. The van der Waals surface area contributed by atoms with Gasteiger partial charge in [-0.25, -0.2) is 0 Å². The standard InChI is InChI=1S/C13H19NO.ClH/c1-15-13-7-3-2-6-12(13)11-5-4-9-14-10-8-11;/h2-3,6-7,11,14H,4-5,8-10H2,1H3;1H. The van der Waals surface area contributed by atoms with E-state index in [-0.39, 0.29) is 12.4 Å². The predicted octanol–water partition coefficient (Wildman–Crippen LogP) is 2.97. The molecular weight excluding hydrogens is 222 g/mol. The number of benzene rings is 1. The van der Waals surface area contributed by atoms with Crippen molar-refractivity contribution in [1.29, 1.82) is 0 Å². The molecule has 1 atom stereocenters. The van der Waals surface area contributed by atoms with Crippen molar-refractivity contribution < 1.29 is 4.74 Å². The highest BCUT2D eigenvalue weighted by atomic mass is 35.5. The van der Waals surface area contributed by atoms with E-state index in [2.05, 4.69) is 23.5 Å². The van der Waals surface area contributed by atoms with Crippen molar-refractivity contribution in [1.82, 2.24) is 5.32 Å². The van der Waals surface area contributed by atoms with Crippen LogP contribution in [-0.2, 0) is 0 Å². The molecule has 1 aliphatic heterocycles. The van der Waals surface area contributed by atoms with Gasteiger partial charge < -0.3 is 10.1 Å². The molecule has 0 radical (unpaired) electrons. The topological polar surface area (TPSA) is 21.3 Å². The van der Waals surface area contributed by atoms with Crippen LogP contribution < -0.4 is 10.1 Å². The predicted molar refractivity (Wildman–Crippen MR) is 69.7 cm³/mol. The van der Waals surface area contributed by atoms with E-state index in [9.17, 15) is 0 Å². The van der Waals surface area contributed by atoms with Gasteiger partial charge in [-0.1, -0.05) is 18.2 Å². The van der Waals surface area contributed by atoms with E-state index in [1.54, 1.807) is 7.11 Å². The second-order valence-corrected chi connectivity index (χ2v) is 4.12. The fraction of sp³-hybridized carbons (Fsp3) is 0.538. The van der Waals surface area contributed by atoms with Gasteiger partial charge in [0.25, 0.3) is 0 Å². The Labute approximate surface area is 104 Å². The summed E-state index contributed by atoms with van der Waals surface area (Å²) < 4.78 is 5.42. The molecule has 1 N–H and O–H groups in total. The molecule has 0 saturated carbocycles. The van der Waals surface area contributed by atoms with E-state index in [4.69, 9.17) is 4.74 Å². The summed E-state index contributed by atoms with van der Waals surface area (Å²) in [5.41, 5.74) is 1.38. The third-order valence-electron chi connectivity index (χ3n) is 3.15. The van der Waals surface area contributed by atoms with Crippen molar-refractivity contribution in [2.45, 2.75) is 25.2 Å². The molecule has 1 aromatic carbocycles. The van der Waals surface area contributed by atoms with Gasteiger partial charge in [0.2, 0.25) is 0 Å². The van der Waals surface area contributed by atoms with Crippen LogP contribution in [0.15, 0.2) is 24.3 Å². The summed E-state index contributed by atoms with van der Waals surface area (Å²) in [4.78, 5) is 0. The van der Waals surface area contributed by atoms with Gasteiger partial charge in [0.05, 0.1) is 7.11 Å². The van der Waals surface area contributed by atoms with Crippen LogP contribution >= 0.6 is 12.4 Å². The number of hydrogen-bond acceptors (Lipinski definition) is 2. The highest BCUT2D eigenvalue weighted by Crippen LogP contribution is 2.32. The van der Waals surface area contributed by atoms with Gasteiger partial charge >= 0.3 is 0 Å². The van der Waals surface area contributed by atoms with Crippen molar-refractivity contribution in [3.05, 3.63) is 29.8 Å². The Balaban J connectivity index is 0.00000128. The minimum absolute atomic E-state index is 0. The molecule has 0 aromatic heterocycles.